The van der Waals surface area contributed by atoms with E-state index in [2.05, 4.69) is 28.7 Å². The van der Waals surface area contributed by atoms with E-state index < -0.39 is 5.91 Å². The average molecular weight is 459 g/mol. The van der Waals surface area contributed by atoms with Crippen LogP contribution in [-0.2, 0) is 0 Å². The van der Waals surface area contributed by atoms with E-state index in [1.165, 1.54) is 12.1 Å². The van der Waals surface area contributed by atoms with Gasteiger partial charge in [-0.15, -0.1) is 0 Å². The standard InChI is InChI=1S/C29H22N4O2/c34-28-14-8-7-13-25(28)29(35)31-30-20-21-15-17-24(18-16-21)33-27(23-11-5-2-6-12-23)19-26(32-33)22-9-3-1-4-10-22/h1-20,34H,(H,31,35)/b30-20-. The number of carbonyl (C=O) groups excluding carboxylic acids is 1. The molecule has 0 aliphatic heterocycles. The third kappa shape index (κ3) is 4.86. The molecule has 4 aromatic carbocycles. The van der Waals surface area contributed by atoms with Gasteiger partial charge in [-0.2, -0.15) is 10.2 Å². The number of para-hydroxylation sites is 1. The molecule has 35 heavy (non-hydrogen) atoms. The molecule has 1 aromatic heterocycles. The topological polar surface area (TPSA) is 79.5 Å². The molecule has 0 atom stereocenters. The first-order valence-electron chi connectivity index (χ1n) is 11.1. The summed E-state index contributed by atoms with van der Waals surface area (Å²) in [6, 6.07) is 36.4. The van der Waals surface area contributed by atoms with Crippen molar-refractivity contribution in [3.05, 3.63) is 126 Å². The molecular weight excluding hydrogens is 436 g/mol. The summed E-state index contributed by atoms with van der Waals surface area (Å²) in [4.78, 5) is 12.2. The highest BCUT2D eigenvalue weighted by molar-refractivity contribution is 5.97. The number of rotatable bonds is 6. The van der Waals surface area contributed by atoms with Gasteiger partial charge in [0.25, 0.3) is 5.91 Å². The van der Waals surface area contributed by atoms with Crippen molar-refractivity contribution in [1.29, 1.82) is 0 Å². The van der Waals surface area contributed by atoms with E-state index in [-0.39, 0.29) is 11.3 Å². The molecule has 170 valence electrons. The summed E-state index contributed by atoms with van der Waals surface area (Å²) in [6.07, 6.45) is 1.55. The van der Waals surface area contributed by atoms with Gasteiger partial charge in [0.05, 0.1) is 28.9 Å². The number of hydrogen-bond acceptors (Lipinski definition) is 4. The number of aromatic nitrogens is 2. The van der Waals surface area contributed by atoms with Crippen LogP contribution in [0.4, 0.5) is 0 Å². The van der Waals surface area contributed by atoms with Crippen LogP contribution < -0.4 is 5.43 Å². The summed E-state index contributed by atoms with van der Waals surface area (Å²) in [6.45, 7) is 0. The van der Waals surface area contributed by atoms with Crippen molar-refractivity contribution in [2.45, 2.75) is 0 Å². The molecule has 0 spiro atoms. The van der Waals surface area contributed by atoms with Gasteiger partial charge in [0.1, 0.15) is 5.75 Å². The Hall–Kier alpha value is -4.97. The van der Waals surface area contributed by atoms with Crippen molar-refractivity contribution in [1.82, 2.24) is 15.2 Å². The number of phenolic OH excluding ortho intramolecular Hbond substituents is 1. The van der Waals surface area contributed by atoms with E-state index in [4.69, 9.17) is 5.10 Å². The monoisotopic (exact) mass is 458 g/mol. The fourth-order valence-electron chi connectivity index (χ4n) is 3.74. The Morgan fingerprint density at radius 2 is 1.43 bits per heavy atom. The number of hydrazone groups is 1. The summed E-state index contributed by atoms with van der Waals surface area (Å²) >= 11 is 0. The number of aromatic hydroxyl groups is 1. The molecular formula is C29H22N4O2. The SMILES string of the molecule is O=C(N/N=C\c1ccc(-n2nc(-c3ccccc3)cc2-c2ccccc2)cc1)c1ccccc1O. The second-order valence-corrected chi connectivity index (χ2v) is 7.87. The summed E-state index contributed by atoms with van der Waals surface area (Å²) in [5.41, 5.74) is 8.32. The zero-order valence-corrected chi connectivity index (χ0v) is 18.7. The average Bonchev–Trinajstić information content (AvgIpc) is 3.36. The molecule has 0 fully saturated rings. The Balaban J connectivity index is 1.39. The zero-order valence-electron chi connectivity index (χ0n) is 18.7. The van der Waals surface area contributed by atoms with Crippen LogP contribution in [-0.4, -0.2) is 27.0 Å². The molecule has 5 rings (SSSR count). The van der Waals surface area contributed by atoms with Crippen LogP contribution in [0.1, 0.15) is 15.9 Å². The second kappa shape index (κ2) is 9.89. The lowest BCUT2D eigenvalue weighted by molar-refractivity contribution is 0.0952. The first-order valence-corrected chi connectivity index (χ1v) is 11.1. The second-order valence-electron chi connectivity index (χ2n) is 7.87. The highest BCUT2D eigenvalue weighted by atomic mass is 16.3. The van der Waals surface area contributed by atoms with Crippen molar-refractivity contribution in [3.8, 4) is 34.0 Å². The predicted molar refractivity (Wildman–Crippen MR) is 138 cm³/mol. The summed E-state index contributed by atoms with van der Waals surface area (Å²) < 4.78 is 1.93. The van der Waals surface area contributed by atoms with Gasteiger partial charge in [-0.1, -0.05) is 84.9 Å². The minimum atomic E-state index is -0.478. The first kappa shape index (κ1) is 21.9. The van der Waals surface area contributed by atoms with Gasteiger partial charge in [0.2, 0.25) is 0 Å². The largest absolute Gasteiger partial charge is 0.507 e. The third-order valence-corrected chi connectivity index (χ3v) is 5.51. The zero-order chi connectivity index (χ0) is 24.0. The van der Waals surface area contributed by atoms with Gasteiger partial charge >= 0.3 is 0 Å². The van der Waals surface area contributed by atoms with Gasteiger partial charge in [-0.3, -0.25) is 4.79 Å². The number of benzene rings is 4. The van der Waals surface area contributed by atoms with E-state index in [9.17, 15) is 9.90 Å². The molecule has 6 heteroatoms. The number of nitrogens with one attached hydrogen (secondary N) is 1. The van der Waals surface area contributed by atoms with Crippen molar-refractivity contribution in [2.75, 3.05) is 0 Å². The lowest BCUT2D eigenvalue weighted by Gasteiger charge is -2.08. The van der Waals surface area contributed by atoms with Gasteiger partial charge in [0.15, 0.2) is 0 Å². The van der Waals surface area contributed by atoms with E-state index in [0.717, 1.165) is 33.8 Å². The van der Waals surface area contributed by atoms with Gasteiger partial charge in [0, 0.05) is 11.1 Å². The van der Waals surface area contributed by atoms with Gasteiger partial charge in [-0.25, -0.2) is 10.1 Å². The molecule has 1 amide bonds. The van der Waals surface area contributed by atoms with E-state index >= 15 is 0 Å². The summed E-state index contributed by atoms with van der Waals surface area (Å²) in [7, 11) is 0. The highest BCUT2D eigenvalue weighted by Gasteiger charge is 2.13. The van der Waals surface area contributed by atoms with Gasteiger partial charge < -0.3 is 5.11 Å². The molecule has 0 unspecified atom stereocenters. The molecule has 2 N–H and O–H groups in total. The smallest absolute Gasteiger partial charge is 0.275 e. The molecule has 0 saturated heterocycles. The lowest BCUT2D eigenvalue weighted by atomic mass is 10.1. The van der Waals surface area contributed by atoms with Crippen molar-refractivity contribution in [2.24, 2.45) is 5.10 Å². The first-order chi connectivity index (χ1) is 17.2. The van der Waals surface area contributed by atoms with Crippen LogP contribution in [0.15, 0.2) is 120 Å². The minimum Gasteiger partial charge on any atom is -0.507 e. The highest BCUT2D eigenvalue weighted by Crippen LogP contribution is 2.28. The number of amides is 1. The Bertz CT molecular complexity index is 1470. The molecule has 0 radical (unpaired) electrons. The molecule has 0 aliphatic carbocycles. The molecule has 5 aromatic rings. The Morgan fingerprint density at radius 1 is 0.800 bits per heavy atom. The van der Waals surface area contributed by atoms with Crippen LogP contribution in [0.25, 0.3) is 28.2 Å². The van der Waals surface area contributed by atoms with E-state index in [1.807, 2.05) is 77.5 Å². The Morgan fingerprint density at radius 3 is 2.11 bits per heavy atom. The predicted octanol–water partition coefficient (Wildman–Crippen LogP) is 5.68. The number of nitrogens with zero attached hydrogens (tertiary/aromatic N) is 3. The Labute approximate surface area is 202 Å². The van der Waals surface area contributed by atoms with E-state index in [1.54, 1.807) is 18.3 Å². The van der Waals surface area contributed by atoms with Crippen LogP contribution >= 0.6 is 0 Å². The van der Waals surface area contributed by atoms with Crippen LogP contribution in [0.5, 0.6) is 5.75 Å². The maximum absolute atomic E-state index is 12.2. The van der Waals surface area contributed by atoms with Crippen molar-refractivity contribution >= 4 is 12.1 Å². The molecule has 6 nitrogen and oxygen atoms in total. The summed E-state index contributed by atoms with van der Waals surface area (Å²) in [5, 5.41) is 18.7. The van der Waals surface area contributed by atoms with Crippen LogP contribution in [0.2, 0.25) is 0 Å². The quantitative estimate of drug-likeness (QED) is 0.254. The van der Waals surface area contributed by atoms with Crippen molar-refractivity contribution in [3.63, 3.8) is 0 Å². The lowest BCUT2D eigenvalue weighted by Crippen LogP contribution is -2.17. The maximum Gasteiger partial charge on any atom is 0.275 e. The molecule has 1 heterocycles. The maximum atomic E-state index is 12.2. The Kier molecular flexibility index (Phi) is 6.17. The number of carbonyl (C=O) groups is 1. The normalized spacial score (nSPS) is 11.0. The van der Waals surface area contributed by atoms with Gasteiger partial charge in [-0.05, 0) is 35.9 Å². The molecule has 0 bridgehead atoms. The van der Waals surface area contributed by atoms with E-state index in [0.29, 0.717) is 0 Å². The molecule has 0 aliphatic rings. The summed E-state index contributed by atoms with van der Waals surface area (Å²) in [5.74, 6) is -0.568. The third-order valence-electron chi connectivity index (χ3n) is 5.51. The minimum absolute atomic E-state index is 0.0899. The van der Waals surface area contributed by atoms with Crippen LogP contribution in [0.3, 0.4) is 0 Å². The number of phenols is 1. The fourth-order valence-corrected chi connectivity index (χ4v) is 3.74. The van der Waals surface area contributed by atoms with Crippen LogP contribution in [0, 0.1) is 0 Å². The number of hydrogen-bond donors (Lipinski definition) is 2. The fraction of sp³-hybridized carbons (Fsp3) is 0. The van der Waals surface area contributed by atoms with Crippen molar-refractivity contribution < 1.29 is 9.90 Å². The molecule has 0 saturated carbocycles.